The van der Waals surface area contributed by atoms with E-state index in [-0.39, 0.29) is 5.91 Å². The Morgan fingerprint density at radius 1 is 1.08 bits per heavy atom. The minimum absolute atomic E-state index is 0.00932. The molecule has 128 valence electrons. The molecule has 3 rings (SSSR count). The van der Waals surface area contributed by atoms with Gasteiger partial charge in [0.2, 0.25) is 0 Å². The molecule has 1 saturated carbocycles. The van der Waals surface area contributed by atoms with Crippen LogP contribution in [0.25, 0.3) is 11.0 Å². The van der Waals surface area contributed by atoms with Crippen LogP contribution < -0.4 is 5.32 Å². The molecule has 0 saturated heterocycles. The fourth-order valence-corrected chi connectivity index (χ4v) is 3.62. The summed E-state index contributed by atoms with van der Waals surface area (Å²) in [7, 11) is 0. The summed E-state index contributed by atoms with van der Waals surface area (Å²) in [5, 5.41) is 3.21. The molecule has 1 aliphatic rings. The van der Waals surface area contributed by atoms with Crippen molar-refractivity contribution in [3.8, 4) is 0 Å². The Labute approximate surface area is 144 Å². The second kappa shape index (κ2) is 7.29. The van der Waals surface area contributed by atoms with Crippen LogP contribution in [-0.2, 0) is 12.8 Å². The van der Waals surface area contributed by atoms with Gasteiger partial charge in [0.25, 0.3) is 5.91 Å². The molecule has 1 aromatic carbocycles. The zero-order valence-corrected chi connectivity index (χ0v) is 14.9. The van der Waals surface area contributed by atoms with E-state index < -0.39 is 0 Å². The average Bonchev–Trinajstić information content (AvgIpc) is 2.61. The third kappa shape index (κ3) is 3.42. The number of carbonyl (C=O) groups is 1. The lowest BCUT2D eigenvalue weighted by atomic mass is 9.86. The number of hydrogen-bond acceptors (Lipinski definition) is 3. The van der Waals surface area contributed by atoms with Gasteiger partial charge in [0, 0.05) is 11.6 Å². The van der Waals surface area contributed by atoms with Crippen molar-refractivity contribution < 1.29 is 4.79 Å². The van der Waals surface area contributed by atoms with E-state index in [0.29, 0.717) is 17.5 Å². The molecule has 0 bridgehead atoms. The molecule has 2 aromatic rings. The molecule has 0 radical (unpaired) electrons. The molecule has 0 aliphatic heterocycles. The van der Waals surface area contributed by atoms with Crippen LogP contribution in [0.5, 0.6) is 0 Å². The summed E-state index contributed by atoms with van der Waals surface area (Å²) in [6.45, 7) is 6.42. The molecule has 4 nitrogen and oxygen atoms in total. The maximum atomic E-state index is 12.6. The van der Waals surface area contributed by atoms with Crippen LogP contribution >= 0.6 is 0 Å². The molecule has 1 amide bonds. The predicted molar refractivity (Wildman–Crippen MR) is 97.2 cm³/mol. The van der Waals surface area contributed by atoms with Gasteiger partial charge in [-0.1, -0.05) is 33.6 Å². The predicted octanol–water partition coefficient (Wildman–Crippen LogP) is 4.06. The first kappa shape index (κ1) is 16.9. The fraction of sp³-hybridized carbons (Fsp3) is 0.550. The number of amides is 1. The van der Waals surface area contributed by atoms with E-state index in [4.69, 9.17) is 9.97 Å². The number of aromatic nitrogens is 2. The molecule has 1 aromatic heterocycles. The molecular weight excluding hydrogens is 298 g/mol. The minimum atomic E-state index is 0.00932. The highest BCUT2D eigenvalue weighted by molar-refractivity contribution is 5.97. The molecule has 0 spiro atoms. The summed E-state index contributed by atoms with van der Waals surface area (Å²) in [4.78, 5) is 22.0. The zero-order valence-electron chi connectivity index (χ0n) is 14.9. The molecule has 0 unspecified atom stereocenters. The second-order valence-corrected chi connectivity index (χ2v) is 6.87. The Morgan fingerprint density at radius 3 is 2.42 bits per heavy atom. The zero-order chi connectivity index (χ0) is 17.1. The van der Waals surface area contributed by atoms with E-state index in [2.05, 4.69) is 26.1 Å². The van der Waals surface area contributed by atoms with E-state index in [0.717, 1.165) is 41.7 Å². The highest BCUT2D eigenvalue weighted by Crippen LogP contribution is 2.24. The average molecular weight is 325 g/mol. The number of nitrogens with one attached hydrogen (secondary N) is 1. The van der Waals surface area contributed by atoms with Crippen molar-refractivity contribution in [3.63, 3.8) is 0 Å². The van der Waals surface area contributed by atoms with Gasteiger partial charge >= 0.3 is 0 Å². The van der Waals surface area contributed by atoms with Gasteiger partial charge in [-0.25, -0.2) is 9.97 Å². The van der Waals surface area contributed by atoms with Gasteiger partial charge in [0.05, 0.1) is 22.4 Å². The molecule has 1 aliphatic carbocycles. The maximum Gasteiger partial charge on any atom is 0.251 e. The van der Waals surface area contributed by atoms with Gasteiger partial charge in [-0.05, 0) is 49.8 Å². The molecule has 24 heavy (non-hydrogen) atoms. The highest BCUT2D eigenvalue weighted by atomic mass is 16.1. The minimum Gasteiger partial charge on any atom is -0.349 e. The highest BCUT2D eigenvalue weighted by Gasteiger charge is 2.23. The van der Waals surface area contributed by atoms with Crippen molar-refractivity contribution in [1.82, 2.24) is 15.3 Å². The lowest BCUT2D eigenvalue weighted by Gasteiger charge is -2.29. The van der Waals surface area contributed by atoms with E-state index in [1.54, 1.807) is 0 Å². The second-order valence-electron chi connectivity index (χ2n) is 6.87. The molecule has 1 heterocycles. The summed E-state index contributed by atoms with van der Waals surface area (Å²) in [5.74, 6) is 0.567. The van der Waals surface area contributed by atoms with Crippen LogP contribution in [0.1, 0.15) is 68.2 Å². The Morgan fingerprint density at radius 2 is 1.75 bits per heavy atom. The normalized spacial score (nSPS) is 21.0. The van der Waals surface area contributed by atoms with Crippen molar-refractivity contribution >= 4 is 16.9 Å². The first-order valence-corrected chi connectivity index (χ1v) is 9.22. The lowest BCUT2D eigenvalue weighted by Crippen LogP contribution is -2.41. The Bertz CT molecular complexity index is 741. The van der Waals surface area contributed by atoms with Crippen LogP contribution in [0.3, 0.4) is 0 Å². The van der Waals surface area contributed by atoms with Gasteiger partial charge in [0.15, 0.2) is 0 Å². The van der Waals surface area contributed by atoms with Gasteiger partial charge in [-0.3, -0.25) is 4.79 Å². The van der Waals surface area contributed by atoms with Crippen molar-refractivity contribution in [1.29, 1.82) is 0 Å². The third-order valence-corrected chi connectivity index (χ3v) is 5.18. The van der Waals surface area contributed by atoms with Crippen LogP contribution in [0.4, 0.5) is 0 Å². The summed E-state index contributed by atoms with van der Waals surface area (Å²) < 4.78 is 0. The lowest BCUT2D eigenvalue weighted by molar-refractivity contribution is 0.0910. The Hall–Kier alpha value is -1.97. The Balaban J connectivity index is 1.85. The monoisotopic (exact) mass is 325 g/mol. The number of nitrogens with zero attached hydrogens (tertiary/aromatic N) is 2. The maximum absolute atomic E-state index is 12.6. The van der Waals surface area contributed by atoms with Crippen molar-refractivity contribution in [2.75, 3.05) is 0 Å². The topological polar surface area (TPSA) is 54.9 Å². The first-order chi connectivity index (χ1) is 11.6. The Kier molecular flexibility index (Phi) is 5.12. The van der Waals surface area contributed by atoms with Crippen LogP contribution in [0, 0.1) is 5.92 Å². The van der Waals surface area contributed by atoms with E-state index >= 15 is 0 Å². The van der Waals surface area contributed by atoms with Gasteiger partial charge in [0.1, 0.15) is 0 Å². The molecule has 2 atom stereocenters. The summed E-state index contributed by atoms with van der Waals surface area (Å²) in [6.07, 6.45) is 6.51. The standard InChI is InChI=1S/C20H27N3O/c1-4-15-16(5-2)22-19-12-14(10-11-18(19)21-15)20(24)23-17-9-7-6-8-13(17)3/h10-13,17H,4-9H2,1-3H3,(H,23,24)/t13-,17-/m1/s1. The molecule has 4 heteroatoms. The molecular formula is C20H27N3O. The summed E-state index contributed by atoms with van der Waals surface area (Å²) in [6, 6.07) is 5.95. The van der Waals surface area contributed by atoms with Crippen LogP contribution in [-0.4, -0.2) is 21.9 Å². The number of carbonyl (C=O) groups excluding carboxylic acids is 1. The smallest absolute Gasteiger partial charge is 0.251 e. The van der Waals surface area contributed by atoms with Crippen LogP contribution in [0.15, 0.2) is 18.2 Å². The number of rotatable bonds is 4. The van der Waals surface area contributed by atoms with E-state index in [1.165, 1.54) is 19.3 Å². The number of hydrogen-bond donors (Lipinski definition) is 1. The van der Waals surface area contributed by atoms with Crippen LogP contribution in [0.2, 0.25) is 0 Å². The largest absolute Gasteiger partial charge is 0.349 e. The van der Waals surface area contributed by atoms with Gasteiger partial charge in [-0.2, -0.15) is 0 Å². The van der Waals surface area contributed by atoms with Gasteiger partial charge in [-0.15, -0.1) is 0 Å². The molecule has 1 fully saturated rings. The van der Waals surface area contributed by atoms with E-state index in [1.807, 2.05) is 18.2 Å². The third-order valence-electron chi connectivity index (χ3n) is 5.18. The van der Waals surface area contributed by atoms with Gasteiger partial charge < -0.3 is 5.32 Å². The van der Waals surface area contributed by atoms with E-state index in [9.17, 15) is 4.79 Å². The number of fused-ring (bicyclic) bond motifs is 1. The number of benzene rings is 1. The van der Waals surface area contributed by atoms with Crippen molar-refractivity contribution in [2.45, 2.75) is 65.3 Å². The SMILES string of the molecule is CCc1nc2ccc(C(=O)N[C@@H]3CCCC[C@H]3C)cc2nc1CC. The van der Waals surface area contributed by atoms with Crippen molar-refractivity contribution in [2.24, 2.45) is 5.92 Å². The first-order valence-electron chi connectivity index (χ1n) is 9.22. The summed E-state index contributed by atoms with van der Waals surface area (Å²) in [5.41, 5.74) is 4.45. The quantitative estimate of drug-likeness (QED) is 0.922. The summed E-state index contributed by atoms with van der Waals surface area (Å²) >= 11 is 0. The number of aryl methyl sites for hydroxylation is 2. The fourth-order valence-electron chi connectivity index (χ4n) is 3.62. The molecule has 1 N–H and O–H groups in total. The van der Waals surface area contributed by atoms with Crippen molar-refractivity contribution in [3.05, 3.63) is 35.2 Å².